The first kappa shape index (κ1) is 19.5. The van der Waals surface area contributed by atoms with E-state index in [1.54, 1.807) is 0 Å². The summed E-state index contributed by atoms with van der Waals surface area (Å²) < 4.78 is 13.5. The third-order valence-electron chi connectivity index (χ3n) is 6.15. The molecule has 2 atom stereocenters. The average Bonchev–Trinajstić information content (AvgIpc) is 2.56. The highest BCUT2D eigenvalue weighted by atomic mass is 28.4. The summed E-state index contributed by atoms with van der Waals surface area (Å²) in [5, 5.41) is 0. The standard InChI is InChI=1S/C20H40O2Si/c1-5-14-21-23(22-15-6-2,19-12-10-17(3)11-13-19)20-9-7-8-18(4)16-20/h17-20H,5-16H2,1-4H3. The zero-order valence-corrected chi connectivity index (χ0v) is 17.1. The van der Waals surface area contributed by atoms with Gasteiger partial charge >= 0.3 is 8.56 Å². The van der Waals surface area contributed by atoms with E-state index >= 15 is 0 Å². The van der Waals surface area contributed by atoms with Crippen LogP contribution in [0.15, 0.2) is 0 Å². The van der Waals surface area contributed by atoms with E-state index in [1.807, 2.05) is 0 Å². The maximum Gasteiger partial charge on any atom is 0.344 e. The molecule has 0 radical (unpaired) electrons. The molecule has 0 heterocycles. The van der Waals surface area contributed by atoms with Crippen LogP contribution in [0.1, 0.15) is 91.9 Å². The lowest BCUT2D eigenvalue weighted by Crippen LogP contribution is -2.53. The molecule has 3 heteroatoms. The van der Waals surface area contributed by atoms with Gasteiger partial charge in [0.1, 0.15) is 0 Å². The highest BCUT2D eigenvalue weighted by Gasteiger charge is 2.53. The zero-order valence-electron chi connectivity index (χ0n) is 16.1. The summed E-state index contributed by atoms with van der Waals surface area (Å²) in [6, 6.07) is 0. The zero-order chi connectivity index (χ0) is 16.7. The largest absolute Gasteiger partial charge is 0.394 e. The van der Waals surface area contributed by atoms with E-state index in [9.17, 15) is 0 Å². The normalized spacial score (nSPS) is 32.9. The van der Waals surface area contributed by atoms with Crippen LogP contribution in [0.25, 0.3) is 0 Å². The van der Waals surface area contributed by atoms with Crippen molar-refractivity contribution in [2.75, 3.05) is 13.2 Å². The van der Waals surface area contributed by atoms with E-state index in [2.05, 4.69) is 27.7 Å². The van der Waals surface area contributed by atoms with Gasteiger partial charge in [-0.1, -0.05) is 53.4 Å². The van der Waals surface area contributed by atoms with E-state index in [0.29, 0.717) is 0 Å². The Labute approximate surface area is 146 Å². The molecule has 0 aromatic rings. The Kier molecular flexibility index (Phi) is 8.10. The van der Waals surface area contributed by atoms with Crippen molar-refractivity contribution < 1.29 is 8.85 Å². The highest BCUT2D eigenvalue weighted by Crippen LogP contribution is 2.51. The van der Waals surface area contributed by atoms with Crippen LogP contribution in [-0.4, -0.2) is 21.8 Å². The second-order valence-corrected chi connectivity index (χ2v) is 12.0. The van der Waals surface area contributed by atoms with Gasteiger partial charge in [0.25, 0.3) is 0 Å². The van der Waals surface area contributed by atoms with Crippen molar-refractivity contribution in [2.45, 2.75) is 103 Å². The molecule has 2 unspecified atom stereocenters. The predicted molar refractivity (Wildman–Crippen MR) is 101 cm³/mol. The Morgan fingerprint density at radius 2 is 1.35 bits per heavy atom. The van der Waals surface area contributed by atoms with Gasteiger partial charge in [0, 0.05) is 24.3 Å². The van der Waals surface area contributed by atoms with Crippen LogP contribution in [0.5, 0.6) is 0 Å². The summed E-state index contributed by atoms with van der Waals surface area (Å²) in [5.74, 6) is 1.76. The SMILES string of the molecule is CCCO[Si](OCCC)(C1CCC(C)CC1)C1CCCC(C)C1. The number of rotatable bonds is 8. The van der Waals surface area contributed by atoms with Crippen LogP contribution in [0.4, 0.5) is 0 Å². The lowest BCUT2D eigenvalue weighted by Gasteiger charge is -2.47. The van der Waals surface area contributed by atoms with Crippen LogP contribution >= 0.6 is 0 Å². The van der Waals surface area contributed by atoms with Gasteiger partial charge in [-0.15, -0.1) is 0 Å². The van der Waals surface area contributed by atoms with Crippen LogP contribution in [0.2, 0.25) is 11.1 Å². The van der Waals surface area contributed by atoms with Crippen LogP contribution in [0, 0.1) is 11.8 Å². The lowest BCUT2D eigenvalue weighted by molar-refractivity contribution is 0.127. The fourth-order valence-electron chi connectivity index (χ4n) is 4.83. The first-order valence-electron chi connectivity index (χ1n) is 10.4. The van der Waals surface area contributed by atoms with Gasteiger partial charge in [0.15, 0.2) is 0 Å². The van der Waals surface area contributed by atoms with Gasteiger partial charge in [-0.25, -0.2) is 0 Å². The molecular weight excluding hydrogens is 300 g/mol. The smallest absolute Gasteiger partial charge is 0.344 e. The molecule has 2 aliphatic rings. The topological polar surface area (TPSA) is 18.5 Å². The van der Waals surface area contributed by atoms with Crippen LogP contribution in [0.3, 0.4) is 0 Å². The predicted octanol–water partition coefficient (Wildman–Crippen LogP) is 6.44. The maximum atomic E-state index is 6.76. The second kappa shape index (κ2) is 9.58. The Bertz CT molecular complexity index is 318. The molecule has 0 bridgehead atoms. The Morgan fingerprint density at radius 3 is 1.87 bits per heavy atom. The number of hydrogen-bond donors (Lipinski definition) is 0. The van der Waals surface area contributed by atoms with Crippen molar-refractivity contribution in [3.8, 4) is 0 Å². The summed E-state index contributed by atoms with van der Waals surface area (Å²) in [5.41, 5.74) is 1.48. The van der Waals surface area contributed by atoms with Crippen molar-refractivity contribution in [1.82, 2.24) is 0 Å². The average molecular weight is 341 g/mol. The molecule has 0 saturated heterocycles. The molecule has 2 nitrogen and oxygen atoms in total. The van der Waals surface area contributed by atoms with E-state index in [4.69, 9.17) is 8.85 Å². The summed E-state index contributed by atoms with van der Waals surface area (Å²) in [7, 11) is -2.11. The molecule has 23 heavy (non-hydrogen) atoms. The van der Waals surface area contributed by atoms with E-state index in [-0.39, 0.29) is 0 Å². The van der Waals surface area contributed by atoms with Crippen molar-refractivity contribution in [3.05, 3.63) is 0 Å². The quantitative estimate of drug-likeness (QED) is 0.473. The molecule has 2 saturated carbocycles. The molecule has 0 aliphatic heterocycles. The molecule has 0 aromatic heterocycles. The fourth-order valence-corrected chi connectivity index (χ4v) is 10.0. The number of hydrogen-bond acceptors (Lipinski definition) is 2. The molecule has 0 aromatic carbocycles. The second-order valence-electron chi connectivity index (χ2n) is 8.34. The van der Waals surface area contributed by atoms with Gasteiger partial charge in [-0.05, 0) is 50.4 Å². The van der Waals surface area contributed by atoms with Crippen molar-refractivity contribution >= 4 is 8.56 Å². The van der Waals surface area contributed by atoms with E-state index < -0.39 is 8.56 Å². The molecule has 0 spiro atoms. The third kappa shape index (κ3) is 5.06. The van der Waals surface area contributed by atoms with Gasteiger partial charge < -0.3 is 8.85 Å². The summed E-state index contributed by atoms with van der Waals surface area (Å²) >= 11 is 0. The lowest BCUT2D eigenvalue weighted by atomic mass is 9.90. The van der Waals surface area contributed by atoms with Gasteiger partial charge in [0.2, 0.25) is 0 Å². The van der Waals surface area contributed by atoms with E-state index in [0.717, 1.165) is 49.0 Å². The van der Waals surface area contributed by atoms with E-state index in [1.165, 1.54) is 51.4 Å². The first-order chi connectivity index (χ1) is 11.1. The van der Waals surface area contributed by atoms with Crippen LogP contribution < -0.4 is 0 Å². The minimum Gasteiger partial charge on any atom is -0.394 e. The summed E-state index contributed by atoms with van der Waals surface area (Å²) in [4.78, 5) is 0. The molecule has 2 rings (SSSR count). The third-order valence-corrected chi connectivity index (χ3v) is 10.8. The van der Waals surface area contributed by atoms with Crippen LogP contribution in [-0.2, 0) is 8.85 Å². The molecule has 136 valence electrons. The fraction of sp³-hybridized carbons (Fsp3) is 1.00. The van der Waals surface area contributed by atoms with Gasteiger partial charge in [0.05, 0.1) is 0 Å². The van der Waals surface area contributed by atoms with Crippen molar-refractivity contribution in [2.24, 2.45) is 11.8 Å². The molecule has 2 fully saturated rings. The monoisotopic (exact) mass is 340 g/mol. The Morgan fingerprint density at radius 1 is 0.739 bits per heavy atom. The minimum atomic E-state index is -2.11. The Balaban J connectivity index is 2.20. The highest BCUT2D eigenvalue weighted by molar-refractivity contribution is 6.70. The van der Waals surface area contributed by atoms with Crippen molar-refractivity contribution in [1.29, 1.82) is 0 Å². The minimum absolute atomic E-state index is 0.739. The van der Waals surface area contributed by atoms with Gasteiger partial charge in [-0.2, -0.15) is 0 Å². The first-order valence-corrected chi connectivity index (χ1v) is 12.4. The summed E-state index contributed by atoms with van der Waals surface area (Å²) in [6.07, 6.45) is 13.2. The molecular formula is C20H40O2Si. The molecule has 0 N–H and O–H groups in total. The maximum absolute atomic E-state index is 6.76. The molecule has 2 aliphatic carbocycles. The Hall–Kier alpha value is 0.137. The summed E-state index contributed by atoms with van der Waals surface area (Å²) in [6.45, 7) is 11.2. The van der Waals surface area contributed by atoms with Gasteiger partial charge in [-0.3, -0.25) is 0 Å². The molecule has 0 amide bonds. The van der Waals surface area contributed by atoms with Crippen molar-refractivity contribution in [3.63, 3.8) is 0 Å².